The molecule has 1 heterocycles. The van der Waals surface area contributed by atoms with Crippen LogP contribution in [0.3, 0.4) is 0 Å². The van der Waals surface area contributed by atoms with Crippen LogP contribution in [-0.4, -0.2) is 52.6 Å². The molecule has 0 aromatic heterocycles. The Morgan fingerprint density at radius 1 is 1.12 bits per heavy atom. The Morgan fingerprint density at radius 3 is 2.28 bits per heavy atom. The second kappa shape index (κ2) is 9.15. The van der Waals surface area contributed by atoms with Crippen molar-refractivity contribution in [1.82, 2.24) is 0 Å². The van der Waals surface area contributed by atoms with Gasteiger partial charge in [0, 0.05) is 0 Å². The van der Waals surface area contributed by atoms with E-state index in [-0.39, 0.29) is 5.78 Å². The predicted octanol–water partition coefficient (Wildman–Crippen LogP) is 4.04. The molecule has 1 aromatic carbocycles. The highest BCUT2D eigenvalue weighted by Crippen LogP contribution is 2.47. The Morgan fingerprint density at radius 2 is 1.72 bits per heavy atom. The third-order valence-electron chi connectivity index (χ3n) is 3.94. The Bertz CT molecular complexity index is 552. The molecule has 0 amide bonds. The van der Waals surface area contributed by atoms with Crippen LogP contribution in [-0.2, 0) is 25.6 Å². The Balaban J connectivity index is 2.05. The van der Waals surface area contributed by atoms with Gasteiger partial charge in [-0.2, -0.15) is 0 Å². The van der Waals surface area contributed by atoms with Crippen LogP contribution >= 0.6 is 35.3 Å². The summed E-state index contributed by atoms with van der Waals surface area (Å²) in [5.74, 6) is -0.749. The van der Waals surface area contributed by atoms with E-state index < -0.39 is 21.4 Å². The normalized spacial score (nSPS) is 22.9. The average molecular weight is 403 g/mol. The minimum absolute atomic E-state index is 0.0406. The van der Waals surface area contributed by atoms with Gasteiger partial charge in [-0.3, -0.25) is 4.79 Å². The number of benzene rings is 1. The fraction of sp³-hybridized carbons (Fsp3) is 0.611. The minimum Gasteiger partial charge on any atom is -0.374 e. The first kappa shape index (κ1) is 21.1. The number of hydrogen-bond acceptors (Lipinski definition) is 7. The summed E-state index contributed by atoms with van der Waals surface area (Å²) in [6.07, 6.45) is 4.82. The molecule has 4 nitrogen and oxygen atoms in total. The quantitative estimate of drug-likeness (QED) is 0.578. The van der Waals surface area contributed by atoms with Crippen molar-refractivity contribution < 1.29 is 19.0 Å². The lowest BCUT2D eigenvalue weighted by atomic mass is 10.1. The third kappa shape index (κ3) is 5.17. The monoisotopic (exact) mass is 402 g/mol. The summed E-state index contributed by atoms with van der Waals surface area (Å²) < 4.78 is 17.1. The van der Waals surface area contributed by atoms with E-state index in [2.05, 4.69) is 0 Å². The van der Waals surface area contributed by atoms with E-state index in [1.807, 2.05) is 62.9 Å². The molecular formula is C18H26O4S3. The highest BCUT2D eigenvalue weighted by molar-refractivity contribution is 8.34. The molecular weight excluding hydrogens is 376 g/mol. The van der Waals surface area contributed by atoms with E-state index in [9.17, 15) is 4.79 Å². The van der Waals surface area contributed by atoms with Gasteiger partial charge in [-0.05, 0) is 38.2 Å². The largest absolute Gasteiger partial charge is 0.374 e. The molecule has 0 bridgehead atoms. The van der Waals surface area contributed by atoms with Crippen LogP contribution in [0.1, 0.15) is 19.4 Å². The maximum absolute atomic E-state index is 13.2. The molecule has 0 radical (unpaired) electrons. The van der Waals surface area contributed by atoms with E-state index in [0.29, 0.717) is 13.2 Å². The van der Waals surface area contributed by atoms with Gasteiger partial charge in [-0.25, -0.2) is 0 Å². The lowest BCUT2D eigenvalue weighted by molar-refractivity contribution is -0.156. The molecule has 0 saturated carbocycles. The summed E-state index contributed by atoms with van der Waals surface area (Å²) in [5, 5.41) is 0. The first-order valence-corrected chi connectivity index (χ1v) is 11.7. The molecule has 1 aromatic rings. The summed E-state index contributed by atoms with van der Waals surface area (Å²) in [7, 11) is 0. The van der Waals surface area contributed by atoms with Gasteiger partial charge >= 0.3 is 0 Å². The zero-order valence-electron chi connectivity index (χ0n) is 15.3. The summed E-state index contributed by atoms with van der Waals surface area (Å²) in [4.78, 5) is 13.2. The van der Waals surface area contributed by atoms with Crippen LogP contribution in [0.4, 0.5) is 0 Å². The topological polar surface area (TPSA) is 44.8 Å². The van der Waals surface area contributed by atoms with Crippen LogP contribution in [0.15, 0.2) is 30.3 Å². The second-order valence-electron chi connectivity index (χ2n) is 6.13. The summed E-state index contributed by atoms with van der Waals surface area (Å²) in [6.45, 7) is 4.48. The van der Waals surface area contributed by atoms with E-state index >= 15 is 0 Å². The van der Waals surface area contributed by atoms with Crippen LogP contribution < -0.4 is 0 Å². The van der Waals surface area contributed by atoms with Crippen molar-refractivity contribution in [3.8, 4) is 0 Å². The summed E-state index contributed by atoms with van der Waals surface area (Å²) in [6, 6.07) is 9.96. The highest BCUT2D eigenvalue weighted by atomic mass is 32.3. The average Bonchev–Trinajstić information content (AvgIpc) is 2.92. The second-order valence-corrected chi connectivity index (χ2v) is 9.97. The molecule has 0 N–H and O–H groups in total. The lowest BCUT2D eigenvalue weighted by Crippen LogP contribution is -2.44. The first-order chi connectivity index (χ1) is 11.9. The SMILES string of the molecule is CSC(SC)(SC)C(=O)[C@@H]1OC(C)(C)O[C@H]1COCc1ccccc1. The molecule has 7 heteroatoms. The van der Waals surface area contributed by atoms with Crippen molar-refractivity contribution >= 4 is 41.1 Å². The molecule has 1 aliphatic rings. The van der Waals surface area contributed by atoms with Gasteiger partial charge in [0.15, 0.2) is 15.3 Å². The van der Waals surface area contributed by atoms with Gasteiger partial charge < -0.3 is 14.2 Å². The maximum atomic E-state index is 13.2. The molecule has 140 valence electrons. The smallest absolute Gasteiger partial charge is 0.200 e. The van der Waals surface area contributed by atoms with Crippen molar-refractivity contribution in [3.05, 3.63) is 35.9 Å². The van der Waals surface area contributed by atoms with Crippen LogP contribution in [0.5, 0.6) is 0 Å². The number of ether oxygens (including phenoxy) is 3. The van der Waals surface area contributed by atoms with Crippen molar-refractivity contribution in [2.75, 3.05) is 25.4 Å². The van der Waals surface area contributed by atoms with E-state index in [0.717, 1.165) is 5.56 Å². The summed E-state index contributed by atoms with van der Waals surface area (Å²) >= 11 is 4.61. The van der Waals surface area contributed by atoms with E-state index in [4.69, 9.17) is 14.2 Å². The van der Waals surface area contributed by atoms with Crippen LogP contribution in [0.25, 0.3) is 0 Å². The van der Waals surface area contributed by atoms with Gasteiger partial charge in [0.05, 0.1) is 13.2 Å². The zero-order chi connectivity index (χ0) is 18.5. The van der Waals surface area contributed by atoms with Gasteiger partial charge in [-0.15, -0.1) is 35.3 Å². The van der Waals surface area contributed by atoms with E-state index in [1.165, 1.54) is 35.3 Å². The number of thioether (sulfide) groups is 3. The number of hydrogen-bond donors (Lipinski definition) is 0. The highest BCUT2D eigenvalue weighted by Gasteiger charge is 2.51. The third-order valence-corrected chi connectivity index (χ3v) is 9.16. The molecule has 0 aliphatic carbocycles. The fourth-order valence-electron chi connectivity index (χ4n) is 2.77. The fourth-order valence-corrected chi connectivity index (χ4v) is 5.72. The number of rotatable bonds is 9. The van der Waals surface area contributed by atoms with Crippen molar-refractivity contribution in [1.29, 1.82) is 0 Å². The molecule has 1 fully saturated rings. The standard InChI is InChI=1S/C18H26O4S3/c1-17(2)21-14(12-20-11-13-9-7-6-8-10-13)15(22-17)16(19)18(23-3,24-4)25-5/h6-10,14-15H,11-12H2,1-5H3/t14-,15+/m0/s1. The number of ketones is 1. The Hall–Kier alpha value is -0.180. The number of Topliss-reactive ketones (excluding diaryl/α,β-unsaturated/α-hetero) is 1. The van der Waals surface area contributed by atoms with Crippen LogP contribution in [0, 0.1) is 0 Å². The molecule has 1 saturated heterocycles. The summed E-state index contributed by atoms with van der Waals surface area (Å²) in [5.41, 5.74) is 1.09. The molecule has 25 heavy (non-hydrogen) atoms. The molecule has 1 aliphatic heterocycles. The van der Waals surface area contributed by atoms with Crippen molar-refractivity contribution in [2.24, 2.45) is 0 Å². The maximum Gasteiger partial charge on any atom is 0.200 e. The first-order valence-electron chi connectivity index (χ1n) is 8.04. The molecule has 0 unspecified atom stereocenters. The van der Waals surface area contributed by atoms with Gasteiger partial charge in [0.2, 0.25) is 5.78 Å². The molecule has 2 atom stereocenters. The van der Waals surface area contributed by atoms with E-state index in [1.54, 1.807) is 0 Å². The lowest BCUT2D eigenvalue weighted by Gasteiger charge is -2.30. The van der Waals surface area contributed by atoms with Gasteiger partial charge in [-0.1, -0.05) is 30.3 Å². The zero-order valence-corrected chi connectivity index (χ0v) is 17.8. The van der Waals surface area contributed by atoms with Gasteiger partial charge in [0.25, 0.3) is 0 Å². The van der Waals surface area contributed by atoms with Crippen molar-refractivity contribution in [3.63, 3.8) is 0 Å². The van der Waals surface area contributed by atoms with Gasteiger partial charge in [0.1, 0.15) is 6.10 Å². The predicted molar refractivity (Wildman–Crippen MR) is 108 cm³/mol. The molecule has 0 spiro atoms. The minimum atomic E-state index is -0.790. The number of carbonyl (C=O) groups excluding carboxylic acids is 1. The van der Waals surface area contributed by atoms with Crippen LogP contribution in [0.2, 0.25) is 0 Å². The number of carbonyl (C=O) groups is 1. The molecule has 2 rings (SSSR count). The Labute approximate surface area is 163 Å². The Kier molecular flexibility index (Phi) is 7.73. The van der Waals surface area contributed by atoms with Crippen molar-refractivity contribution in [2.45, 2.75) is 41.9 Å².